The van der Waals surface area contributed by atoms with Crippen LogP contribution in [0.4, 0.5) is 0 Å². The second-order valence-corrected chi connectivity index (χ2v) is 5.73. The first-order chi connectivity index (χ1) is 9.38. The summed E-state index contributed by atoms with van der Waals surface area (Å²) in [4.78, 5) is 33.5. The van der Waals surface area contributed by atoms with Crippen molar-refractivity contribution in [3.8, 4) is 0 Å². The van der Waals surface area contributed by atoms with Gasteiger partial charge in [-0.2, -0.15) is 0 Å². The van der Waals surface area contributed by atoms with Gasteiger partial charge in [-0.15, -0.1) is 11.8 Å². The van der Waals surface area contributed by atoms with Gasteiger partial charge in [-0.25, -0.2) is 0 Å². The molecule has 2 aliphatic heterocycles. The molecule has 2 unspecified atom stereocenters. The highest BCUT2D eigenvalue weighted by molar-refractivity contribution is 7.99. The Hall–Kier alpha value is -1.28. The summed E-state index contributed by atoms with van der Waals surface area (Å²) in [5.41, 5.74) is -0.417. The van der Waals surface area contributed by atoms with Crippen LogP contribution in [-0.4, -0.2) is 53.5 Å². The van der Waals surface area contributed by atoms with Crippen LogP contribution in [0.5, 0.6) is 0 Å². The fourth-order valence-corrected chi connectivity index (χ4v) is 3.57. The number of hydrogen-bond acceptors (Lipinski definition) is 8. The molecular formula is C12H16O7S. The van der Waals surface area contributed by atoms with E-state index >= 15 is 0 Å². The summed E-state index contributed by atoms with van der Waals surface area (Å²) >= 11 is 1.37. The molecule has 2 heterocycles. The van der Waals surface area contributed by atoms with Crippen LogP contribution in [0.1, 0.15) is 20.8 Å². The van der Waals surface area contributed by atoms with Crippen molar-refractivity contribution >= 4 is 29.7 Å². The van der Waals surface area contributed by atoms with Crippen molar-refractivity contribution in [2.75, 3.05) is 5.75 Å². The van der Waals surface area contributed by atoms with Crippen LogP contribution in [0, 0.1) is 0 Å². The normalized spacial score (nSPS) is 35.2. The zero-order valence-corrected chi connectivity index (χ0v) is 12.2. The second kappa shape index (κ2) is 6.01. The number of rotatable bonds is 3. The Morgan fingerprint density at radius 1 is 0.950 bits per heavy atom. The molecule has 0 radical (unpaired) electrons. The van der Waals surface area contributed by atoms with E-state index in [2.05, 4.69) is 0 Å². The predicted octanol–water partition coefficient (Wildman–Crippen LogP) is 0.253. The minimum atomic E-state index is -0.763. The molecule has 0 spiro atoms. The van der Waals surface area contributed by atoms with Crippen LogP contribution in [0.25, 0.3) is 0 Å². The van der Waals surface area contributed by atoms with Crippen molar-refractivity contribution < 1.29 is 33.3 Å². The summed E-state index contributed by atoms with van der Waals surface area (Å²) in [5.74, 6) is -0.914. The van der Waals surface area contributed by atoms with Crippen LogP contribution < -0.4 is 0 Å². The van der Waals surface area contributed by atoms with Crippen LogP contribution in [0.15, 0.2) is 0 Å². The van der Waals surface area contributed by atoms with E-state index < -0.39 is 47.8 Å². The predicted molar refractivity (Wildman–Crippen MR) is 67.8 cm³/mol. The molecule has 0 saturated carbocycles. The Bertz CT molecular complexity index is 424. The van der Waals surface area contributed by atoms with Gasteiger partial charge in [-0.1, -0.05) is 0 Å². The smallest absolute Gasteiger partial charge is 0.303 e. The van der Waals surface area contributed by atoms with E-state index in [1.165, 1.54) is 32.5 Å². The molecule has 2 fully saturated rings. The maximum Gasteiger partial charge on any atom is 0.303 e. The van der Waals surface area contributed by atoms with E-state index in [4.69, 9.17) is 18.9 Å². The van der Waals surface area contributed by atoms with Crippen LogP contribution in [0.3, 0.4) is 0 Å². The molecule has 112 valence electrons. The quantitative estimate of drug-likeness (QED) is 0.542. The monoisotopic (exact) mass is 304 g/mol. The Morgan fingerprint density at radius 2 is 1.50 bits per heavy atom. The van der Waals surface area contributed by atoms with Crippen LogP contribution in [-0.2, 0) is 33.3 Å². The Balaban J connectivity index is 2.17. The fourth-order valence-electron chi connectivity index (χ4n) is 2.32. The number of carbonyl (C=O) groups excluding carboxylic acids is 3. The highest BCUT2D eigenvalue weighted by Gasteiger charge is 2.56. The van der Waals surface area contributed by atoms with Gasteiger partial charge in [0.15, 0.2) is 12.2 Å². The van der Waals surface area contributed by atoms with Crippen LogP contribution >= 0.6 is 11.8 Å². The first kappa shape index (κ1) is 15.1. The number of thioether (sulfide) groups is 1. The van der Waals surface area contributed by atoms with Gasteiger partial charge in [-0.3, -0.25) is 14.4 Å². The fraction of sp³-hybridized carbons (Fsp3) is 0.750. The van der Waals surface area contributed by atoms with Gasteiger partial charge in [0.25, 0.3) is 0 Å². The molecule has 0 aromatic carbocycles. The maximum absolute atomic E-state index is 11.2. The molecule has 2 bridgehead atoms. The van der Waals surface area contributed by atoms with Crippen molar-refractivity contribution in [3.05, 3.63) is 0 Å². The first-order valence-electron chi connectivity index (χ1n) is 6.17. The third-order valence-electron chi connectivity index (χ3n) is 2.92. The van der Waals surface area contributed by atoms with E-state index in [0.717, 1.165) is 0 Å². The van der Waals surface area contributed by atoms with Gasteiger partial charge < -0.3 is 18.9 Å². The molecule has 0 aliphatic carbocycles. The minimum Gasteiger partial charge on any atom is -0.459 e. The highest BCUT2D eigenvalue weighted by Crippen LogP contribution is 2.41. The lowest BCUT2D eigenvalue weighted by atomic mass is 10.1. The highest BCUT2D eigenvalue weighted by atomic mass is 32.2. The van der Waals surface area contributed by atoms with E-state index in [0.29, 0.717) is 5.75 Å². The summed E-state index contributed by atoms with van der Waals surface area (Å²) in [7, 11) is 0. The number of hydrogen-bond donors (Lipinski definition) is 0. The average Bonchev–Trinajstić information content (AvgIpc) is 2.57. The van der Waals surface area contributed by atoms with Gasteiger partial charge in [0.2, 0.25) is 0 Å². The lowest BCUT2D eigenvalue weighted by Crippen LogP contribution is -2.44. The third kappa shape index (κ3) is 3.24. The molecule has 0 amide bonds. The Labute approximate surface area is 120 Å². The van der Waals surface area contributed by atoms with Gasteiger partial charge in [0.1, 0.15) is 17.6 Å². The molecular weight excluding hydrogens is 288 g/mol. The zero-order valence-electron chi connectivity index (χ0n) is 11.4. The molecule has 0 aromatic rings. The molecule has 2 aliphatic rings. The van der Waals surface area contributed by atoms with Crippen molar-refractivity contribution in [2.24, 2.45) is 0 Å². The molecule has 0 N–H and O–H groups in total. The molecule has 2 saturated heterocycles. The lowest BCUT2D eigenvalue weighted by Gasteiger charge is -2.29. The van der Waals surface area contributed by atoms with Gasteiger partial charge in [0, 0.05) is 26.5 Å². The zero-order chi connectivity index (χ0) is 14.9. The summed E-state index contributed by atoms with van der Waals surface area (Å²) in [6, 6.07) is 0. The van der Waals surface area contributed by atoms with Crippen molar-refractivity contribution in [3.63, 3.8) is 0 Å². The van der Waals surface area contributed by atoms with Gasteiger partial charge >= 0.3 is 17.9 Å². The van der Waals surface area contributed by atoms with E-state index in [1.807, 2.05) is 0 Å². The van der Waals surface area contributed by atoms with Crippen molar-refractivity contribution in [1.29, 1.82) is 0 Å². The first-order valence-corrected chi connectivity index (χ1v) is 7.22. The van der Waals surface area contributed by atoms with Gasteiger partial charge in [0.05, 0.1) is 0 Å². The summed E-state index contributed by atoms with van der Waals surface area (Å²) in [6.45, 7) is 3.85. The standard InChI is InChI=1S/C12H16O7S/c1-5(13)16-8-4-20-12-11(18-7(3)15)10(9(8)19-12)17-6(2)14/h8-12H,4H2,1-3H3/t8-,9-,10?,11?,12+/m1/s1. The minimum absolute atomic E-state index is 0.417. The summed E-state index contributed by atoms with van der Waals surface area (Å²) in [6.07, 6.45) is -2.59. The van der Waals surface area contributed by atoms with Crippen molar-refractivity contribution in [1.82, 2.24) is 0 Å². The molecule has 0 aromatic heterocycles. The molecule has 2 rings (SSSR count). The summed E-state index contributed by atoms with van der Waals surface area (Å²) < 4.78 is 21.2. The van der Waals surface area contributed by atoms with Gasteiger partial charge in [-0.05, 0) is 0 Å². The van der Waals surface area contributed by atoms with E-state index in [-0.39, 0.29) is 0 Å². The van der Waals surface area contributed by atoms with Crippen molar-refractivity contribution in [2.45, 2.75) is 50.6 Å². The number of esters is 3. The Kier molecular flexibility index (Phi) is 4.54. The molecule has 20 heavy (non-hydrogen) atoms. The second-order valence-electron chi connectivity index (χ2n) is 4.60. The van der Waals surface area contributed by atoms with E-state index in [1.54, 1.807) is 0 Å². The average molecular weight is 304 g/mol. The van der Waals surface area contributed by atoms with Crippen LogP contribution in [0.2, 0.25) is 0 Å². The molecule has 7 nitrogen and oxygen atoms in total. The SMILES string of the molecule is CC(=O)OC1C(OC(C)=O)[C@@H]2O[C@H]1SC[C@H]2OC(C)=O. The number of fused-ring (bicyclic) bond motifs is 2. The summed E-state index contributed by atoms with van der Waals surface area (Å²) in [5, 5.41) is 0. The topological polar surface area (TPSA) is 88.1 Å². The lowest BCUT2D eigenvalue weighted by molar-refractivity contribution is -0.168. The number of ether oxygens (including phenoxy) is 4. The number of carbonyl (C=O) groups is 3. The largest absolute Gasteiger partial charge is 0.459 e. The third-order valence-corrected chi connectivity index (χ3v) is 4.15. The molecule has 8 heteroatoms. The Morgan fingerprint density at radius 3 is 2.05 bits per heavy atom. The van der Waals surface area contributed by atoms with E-state index in [9.17, 15) is 14.4 Å². The molecule has 5 atom stereocenters. The maximum atomic E-state index is 11.2.